The third-order valence-electron chi connectivity index (χ3n) is 6.24. The average molecular weight is 390 g/mol. The molecule has 29 heavy (non-hydrogen) atoms. The number of fused-ring (bicyclic) bond motifs is 3. The summed E-state index contributed by atoms with van der Waals surface area (Å²) in [4.78, 5) is 11.9. The standard InChI is InChI=1S/C24H26N2O3/c1-28-19-11-8-17(9-12-19)23-21-13-10-16-4-2-3-5-20(16)22(21)25-26(23)14-15-29-24(27)18-6-7-18/h2-5,8-9,11-12,18,21,23H,6-7,10,13-15H2,1H3/t21-,23-/m0/s1. The SMILES string of the molecule is COc1ccc([C@H]2[C@H]3CCc4ccccc4C3=NN2CCOC(=O)C2CC2)cc1. The topological polar surface area (TPSA) is 51.1 Å². The van der Waals surface area contributed by atoms with Crippen LogP contribution in [0.1, 0.15) is 42.0 Å². The molecular weight excluding hydrogens is 364 g/mol. The van der Waals surface area contributed by atoms with Crippen LogP contribution < -0.4 is 4.74 Å². The first-order valence-corrected chi connectivity index (χ1v) is 10.5. The fourth-order valence-electron chi connectivity index (χ4n) is 4.55. The van der Waals surface area contributed by atoms with Crippen LogP contribution in [0.4, 0.5) is 0 Å². The van der Waals surface area contributed by atoms with Gasteiger partial charge >= 0.3 is 5.97 Å². The highest BCUT2D eigenvalue weighted by Crippen LogP contribution is 2.43. The van der Waals surface area contributed by atoms with E-state index in [9.17, 15) is 4.79 Å². The number of esters is 1. The van der Waals surface area contributed by atoms with E-state index in [1.54, 1.807) is 7.11 Å². The minimum Gasteiger partial charge on any atom is -0.497 e. The monoisotopic (exact) mass is 390 g/mol. The van der Waals surface area contributed by atoms with Gasteiger partial charge in [-0.1, -0.05) is 36.4 Å². The second-order valence-corrected chi connectivity index (χ2v) is 8.11. The number of hydrogen-bond acceptors (Lipinski definition) is 5. The summed E-state index contributed by atoms with van der Waals surface area (Å²) in [7, 11) is 1.68. The molecule has 0 radical (unpaired) electrons. The van der Waals surface area contributed by atoms with Crippen molar-refractivity contribution in [2.75, 3.05) is 20.3 Å². The molecule has 1 aliphatic heterocycles. The number of aryl methyl sites for hydroxylation is 1. The van der Waals surface area contributed by atoms with E-state index in [-0.39, 0.29) is 17.9 Å². The molecular formula is C24H26N2O3. The zero-order valence-corrected chi connectivity index (χ0v) is 16.7. The molecule has 3 aliphatic rings. The zero-order chi connectivity index (χ0) is 19.8. The van der Waals surface area contributed by atoms with Gasteiger partial charge in [0, 0.05) is 11.5 Å². The number of ether oxygens (including phenoxy) is 2. The molecule has 0 spiro atoms. The molecule has 2 aromatic rings. The Morgan fingerprint density at radius 2 is 1.90 bits per heavy atom. The smallest absolute Gasteiger partial charge is 0.308 e. The maximum Gasteiger partial charge on any atom is 0.308 e. The van der Waals surface area contributed by atoms with E-state index in [1.807, 2.05) is 12.1 Å². The largest absolute Gasteiger partial charge is 0.497 e. The van der Waals surface area contributed by atoms with E-state index in [0.29, 0.717) is 19.1 Å². The Labute approximate surface area is 171 Å². The molecule has 0 bridgehead atoms. The molecule has 1 saturated carbocycles. The number of hydrazone groups is 1. The van der Waals surface area contributed by atoms with E-state index in [2.05, 4.69) is 41.4 Å². The lowest BCUT2D eigenvalue weighted by molar-refractivity contribution is -0.145. The molecule has 2 aliphatic carbocycles. The van der Waals surface area contributed by atoms with E-state index in [0.717, 1.165) is 31.4 Å². The summed E-state index contributed by atoms with van der Waals surface area (Å²) in [5.74, 6) is 1.27. The van der Waals surface area contributed by atoms with Crippen LogP contribution >= 0.6 is 0 Å². The number of rotatable bonds is 6. The molecule has 0 amide bonds. The van der Waals surface area contributed by atoms with Gasteiger partial charge in [0.1, 0.15) is 12.4 Å². The van der Waals surface area contributed by atoms with E-state index in [1.165, 1.54) is 22.4 Å². The van der Waals surface area contributed by atoms with Gasteiger partial charge in [0.15, 0.2) is 0 Å². The summed E-state index contributed by atoms with van der Waals surface area (Å²) in [6.45, 7) is 0.991. The first-order valence-electron chi connectivity index (χ1n) is 10.5. The number of carbonyl (C=O) groups excluding carboxylic acids is 1. The molecule has 5 heteroatoms. The molecule has 1 fully saturated rings. The molecule has 2 aromatic carbocycles. The lowest BCUT2D eigenvalue weighted by Crippen LogP contribution is -2.31. The first kappa shape index (κ1) is 18.2. The van der Waals surface area contributed by atoms with Crippen LogP contribution in [0.25, 0.3) is 0 Å². The van der Waals surface area contributed by atoms with Crippen molar-refractivity contribution in [1.82, 2.24) is 5.01 Å². The predicted octanol–water partition coefficient (Wildman–Crippen LogP) is 3.97. The van der Waals surface area contributed by atoms with Crippen LogP contribution in [0.5, 0.6) is 5.75 Å². The quantitative estimate of drug-likeness (QED) is 0.701. The van der Waals surface area contributed by atoms with Crippen molar-refractivity contribution in [1.29, 1.82) is 0 Å². The zero-order valence-electron chi connectivity index (χ0n) is 16.7. The van der Waals surface area contributed by atoms with Gasteiger partial charge in [-0.25, -0.2) is 0 Å². The number of hydrogen-bond donors (Lipinski definition) is 0. The summed E-state index contributed by atoms with van der Waals surface area (Å²) < 4.78 is 10.8. The molecule has 0 unspecified atom stereocenters. The fourth-order valence-corrected chi connectivity index (χ4v) is 4.55. The van der Waals surface area contributed by atoms with Gasteiger partial charge in [0.25, 0.3) is 0 Å². The van der Waals surface area contributed by atoms with Gasteiger partial charge in [0.05, 0.1) is 31.3 Å². The van der Waals surface area contributed by atoms with Crippen molar-refractivity contribution in [2.45, 2.75) is 31.7 Å². The summed E-state index contributed by atoms with van der Waals surface area (Å²) in [5.41, 5.74) is 5.03. The third kappa shape index (κ3) is 3.50. The van der Waals surface area contributed by atoms with Crippen LogP contribution in [-0.4, -0.2) is 37.0 Å². The Morgan fingerprint density at radius 1 is 1.10 bits per heavy atom. The Hall–Kier alpha value is -2.82. The van der Waals surface area contributed by atoms with Gasteiger partial charge in [-0.05, 0) is 48.9 Å². The van der Waals surface area contributed by atoms with Crippen LogP contribution in [0, 0.1) is 11.8 Å². The van der Waals surface area contributed by atoms with Gasteiger partial charge < -0.3 is 9.47 Å². The highest BCUT2D eigenvalue weighted by Gasteiger charge is 2.41. The number of methoxy groups -OCH3 is 1. The average Bonchev–Trinajstić information content (AvgIpc) is 3.55. The first-order chi connectivity index (χ1) is 14.2. The van der Waals surface area contributed by atoms with Crippen LogP contribution in [0.3, 0.4) is 0 Å². The summed E-state index contributed by atoms with van der Waals surface area (Å²) >= 11 is 0. The molecule has 0 N–H and O–H groups in total. The number of nitrogens with zero attached hydrogens (tertiary/aromatic N) is 2. The Bertz CT molecular complexity index is 933. The van der Waals surface area contributed by atoms with Crippen LogP contribution in [0.2, 0.25) is 0 Å². The maximum atomic E-state index is 11.9. The number of carbonyl (C=O) groups is 1. The lowest BCUT2D eigenvalue weighted by atomic mass is 9.77. The van der Waals surface area contributed by atoms with Crippen molar-refractivity contribution in [3.63, 3.8) is 0 Å². The second kappa shape index (κ2) is 7.54. The van der Waals surface area contributed by atoms with Crippen molar-refractivity contribution in [2.24, 2.45) is 16.9 Å². The molecule has 150 valence electrons. The van der Waals surface area contributed by atoms with Crippen molar-refractivity contribution in [3.8, 4) is 5.75 Å². The normalized spacial score (nSPS) is 22.5. The Kier molecular flexibility index (Phi) is 4.74. The number of benzene rings is 2. The maximum absolute atomic E-state index is 11.9. The molecule has 2 atom stereocenters. The molecule has 5 rings (SSSR count). The Morgan fingerprint density at radius 3 is 2.66 bits per heavy atom. The van der Waals surface area contributed by atoms with Crippen LogP contribution in [-0.2, 0) is 16.0 Å². The highest BCUT2D eigenvalue weighted by molar-refractivity contribution is 6.05. The fraction of sp³-hybridized carbons (Fsp3) is 0.417. The van der Waals surface area contributed by atoms with Crippen molar-refractivity contribution >= 4 is 11.7 Å². The van der Waals surface area contributed by atoms with E-state index in [4.69, 9.17) is 14.6 Å². The van der Waals surface area contributed by atoms with Crippen molar-refractivity contribution < 1.29 is 14.3 Å². The van der Waals surface area contributed by atoms with Crippen molar-refractivity contribution in [3.05, 3.63) is 65.2 Å². The molecule has 0 aromatic heterocycles. The minimum absolute atomic E-state index is 0.0550. The summed E-state index contributed by atoms with van der Waals surface area (Å²) in [6.07, 6.45) is 4.08. The van der Waals surface area contributed by atoms with E-state index < -0.39 is 0 Å². The molecule has 1 heterocycles. The molecule has 5 nitrogen and oxygen atoms in total. The van der Waals surface area contributed by atoms with E-state index >= 15 is 0 Å². The van der Waals surface area contributed by atoms with Crippen LogP contribution in [0.15, 0.2) is 53.6 Å². The minimum atomic E-state index is -0.0550. The predicted molar refractivity (Wildman–Crippen MR) is 111 cm³/mol. The van der Waals surface area contributed by atoms with Gasteiger partial charge in [-0.15, -0.1) is 0 Å². The van der Waals surface area contributed by atoms with Gasteiger partial charge in [-0.3, -0.25) is 9.80 Å². The lowest BCUT2D eigenvalue weighted by Gasteiger charge is -2.30. The Balaban J connectivity index is 1.41. The third-order valence-corrected chi connectivity index (χ3v) is 6.24. The van der Waals surface area contributed by atoms with Gasteiger partial charge in [0.2, 0.25) is 0 Å². The summed E-state index contributed by atoms with van der Waals surface area (Å²) in [6, 6.07) is 17.0. The summed E-state index contributed by atoms with van der Waals surface area (Å²) in [5, 5.41) is 7.17. The molecule has 0 saturated heterocycles. The second-order valence-electron chi connectivity index (χ2n) is 8.11. The highest BCUT2D eigenvalue weighted by atomic mass is 16.5. The van der Waals surface area contributed by atoms with Gasteiger partial charge in [-0.2, -0.15) is 5.10 Å².